The molecule has 1 atom stereocenters. The number of esters is 1. The van der Waals surface area contributed by atoms with Crippen molar-refractivity contribution in [2.75, 3.05) is 7.11 Å². The average molecular weight is 318 g/mol. The van der Waals surface area contributed by atoms with Crippen molar-refractivity contribution in [3.63, 3.8) is 0 Å². The lowest BCUT2D eigenvalue weighted by Crippen LogP contribution is -2.48. The average Bonchev–Trinajstić information content (AvgIpc) is 2.30. The Kier molecular flexibility index (Phi) is 4.87. The molecule has 0 fully saturated rings. The number of halogens is 2. The second kappa shape index (κ2) is 5.80. The van der Waals surface area contributed by atoms with Gasteiger partial charge in [-0.3, -0.25) is 10.1 Å². The zero-order chi connectivity index (χ0) is 13.9. The van der Waals surface area contributed by atoms with E-state index in [0.29, 0.717) is 5.56 Å². The lowest BCUT2D eigenvalue weighted by molar-refractivity contribution is -0.147. The number of hydrogen-bond acceptors (Lipinski definition) is 3. The molecule has 0 aliphatic heterocycles. The fourth-order valence-electron chi connectivity index (χ4n) is 1.78. The zero-order valence-electron chi connectivity index (χ0n) is 10.9. The molecule has 100 valence electrons. The molecular weight excluding hydrogens is 301 g/mol. The van der Waals surface area contributed by atoms with Gasteiger partial charge in [0.1, 0.15) is 11.4 Å². The Bertz CT molecular complexity index is 449. The number of methoxy groups -OCH3 is 1. The quantitative estimate of drug-likeness (QED) is 0.867. The van der Waals surface area contributed by atoms with E-state index in [1.54, 1.807) is 32.9 Å². The van der Waals surface area contributed by atoms with Crippen LogP contribution in [0.3, 0.4) is 0 Å². The molecule has 1 aromatic carbocycles. The van der Waals surface area contributed by atoms with Crippen molar-refractivity contribution < 1.29 is 13.9 Å². The van der Waals surface area contributed by atoms with Crippen LogP contribution in [0.4, 0.5) is 4.39 Å². The molecule has 0 radical (unpaired) electrons. The van der Waals surface area contributed by atoms with Crippen molar-refractivity contribution in [3.8, 4) is 0 Å². The Morgan fingerprint density at radius 3 is 2.67 bits per heavy atom. The Balaban J connectivity index is 2.91. The van der Waals surface area contributed by atoms with Crippen molar-refractivity contribution in [3.05, 3.63) is 34.1 Å². The molecule has 0 saturated carbocycles. The largest absolute Gasteiger partial charge is 0.468 e. The molecule has 1 rings (SSSR count). The summed E-state index contributed by atoms with van der Waals surface area (Å²) < 4.78 is 19.2. The molecule has 5 heteroatoms. The molecule has 0 heterocycles. The molecular formula is C13H17BrFNO2. The third kappa shape index (κ3) is 3.53. The molecule has 0 aliphatic rings. The summed E-state index contributed by atoms with van der Waals surface area (Å²) in [6.07, 6.45) is 0. The van der Waals surface area contributed by atoms with Gasteiger partial charge in [-0.05, 0) is 39.0 Å². The van der Waals surface area contributed by atoms with Crippen molar-refractivity contribution in [2.45, 2.75) is 32.4 Å². The van der Waals surface area contributed by atoms with E-state index in [2.05, 4.69) is 21.2 Å². The molecule has 1 N–H and O–H groups in total. The van der Waals surface area contributed by atoms with Gasteiger partial charge < -0.3 is 4.74 Å². The third-order valence-corrected chi connectivity index (χ3v) is 3.19. The maximum absolute atomic E-state index is 13.7. The first kappa shape index (κ1) is 15.1. The number of nitrogens with one attached hydrogen (secondary N) is 1. The maximum atomic E-state index is 13.7. The predicted molar refractivity (Wildman–Crippen MR) is 71.7 cm³/mol. The number of carbonyl (C=O) groups is 1. The molecule has 0 saturated heterocycles. The van der Waals surface area contributed by atoms with Gasteiger partial charge >= 0.3 is 5.97 Å². The standard InChI is InChI=1S/C13H17BrFNO2/c1-8(16-13(2,3)12(17)18-4)10-7-9(14)5-6-11(10)15/h5-8,16H,1-4H3. The van der Waals surface area contributed by atoms with Gasteiger partial charge in [0.2, 0.25) is 0 Å². The summed E-state index contributed by atoms with van der Waals surface area (Å²) in [7, 11) is 1.33. The van der Waals surface area contributed by atoms with Crippen molar-refractivity contribution in [2.24, 2.45) is 0 Å². The van der Waals surface area contributed by atoms with Crippen LogP contribution in [0.15, 0.2) is 22.7 Å². The van der Waals surface area contributed by atoms with Crippen molar-refractivity contribution in [1.29, 1.82) is 0 Å². The van der Waals surface area contributed by atoms with E-state index in [1.807, 2.05) is 0 Å². The number of benzene rings is 1. The Labute approximate surface area is 115 Å². The minimum absolute atomic E-state index is 0.307. The highest BCUT2D eigenvalue weighted by molar-refractivity contribution is 9.10. The highest BCUT2D eigenvalue weighted by Gasteiger charge is 2.30. The summed E-state index contributed by atoms with van der Waals surface area (Å²) in [5.41, 5.74) is -0.371. The number of carbonyl (C=O) groups excluding carboxylic acids is 1. The SMILES string of the molecule is COC(=O)C(C)(C)NC(C)c1cc(Br)ccc1F. The van der Waals surface area contributed by atoms with Gasteiger partial charge in [-0.25, -0.2) is 4.39 Å². The van der Waals surface area contributed by atoms with Crippen LogP contribution in [-0.4, -0.2) is 18.6 Å². The number of hydrogen-bond donors (Lipinski definition) is 1. The van der Waals surface area contributed by atoms with Gasteiger partial charge in [-0.2, -0.15) is 0 Å². The monoisotopic (exact) mass is 317 g/mol. The first-order chi connectivity index (χ1) is 8.27. The maximum Gasteiger partial charge on any atom is 0.325 e. The normalized spacial score (nSPS) is 13.2. The molecule has 0 aliphatic carbocycles. The van der Waals surface area contributed by atoms with E-state index in [-0.39, 0.29) is 17.8 Å². The van der Waals surface area contributed by atoms with Crippen molar-refractivity contribution >= 4 is 21.9 Å². The van der Waals surface area contributed by atoms with E-state index in [9.17, 15) is 9.18 Å². The van der Waals surface area contributed by atoms with Crippen LogP contribution in [-0.2, 0) is 9.53 Å². The highest BCUT2D eigenvalue weighted by Crippen LogP contribution is 2.23. The fraction of sp³-hybridized carbons (Fsp3) is 0.462. The van der Waals surface area contributed by atoms with Gasteiger partial charge in [0, 0.05) is 16.1 Å². The first-order valence-corrected chi connectivity index (χ1v) is 6.38. The van der Waals surface area contributed by atoms with E-state index < -0.39 is 5.54 Å². The number of ether oxygens (including phenoxy) is 1. The van der Waals surface area contributed by atoms with Crippen LogP contribution in [0.5, 0.6) is 0 Å². The lowest BCUT2D eigenvalue weighted by Gasteiger charge is -2.28. The van der Waals surface area contributed by atoms with Crippen LogP contribution in [0.25, 0.3) is 0 Å². The molecule has 0 spiro atoms. The van der Waals surface area contributed by atoms with Crippen LogP contribution in [0.1, 0.15) is 32.4 Å². The van der Waals surface area contributed by atoms with Crippen LogP contribution in [0.2, 0.25) is 0 Å². The third-order valence-electron chi connectivity index (χ3n) is 2.70. The summed E-state index contributed by atoms with van der Waals surface area (Å²) in [4.78, 5) is 11.6. The summed E-state index contributed by atoms with van der Waals surface area (Å²) in [6, 6.07) is 4.41. The first-order valence-electron chi connectivity index (χ1n) is 5.59. The summed E-state index contributed by atoms with van der Waals surface area (Å²) >= 11 is 3.30. The van der Waals surface area contributed by atoms with Gasteiger partial charge in [-0.15, -0.1) is 0 Å². The van der Waals surface area contributed by atoms with E-state index in [4.69, 9.17) is 4.74 Å². The van der Waals surface area contributed by atoms with Gasteiger partial charge in [-0.1, -0.05) is 15.9 Å². The molecule has 1 aromatic rings. The Morgan fingerprint density at radius 1 is 1.50 bits per heavy atom. The van der Waals surface area contributed by atoms with Crippen molar-refractivity contribution in [1.82, 2.24) is 5.32 Å². The second-order valence-electron chi connectivity index (χ2n) is 4.65. The zero-order valence-corrected chi connectivity index (χ0v) is 12.5. The van der Waals surface area contributed by atoms with Crippen LogP contribution >= 0.6 is 15.9 Å². The number of rotatable bonds is 4. The summed E-state index contributed by atoms with van der Waals surface area (Å²) in [6.45, 7) is 5.20. The van der Waals surface area contributed by atoms with E-state index in [0.717, 1.165) is 4.47 Å². The Hall–Kier alpha value is -0.940. The van der Waals surface area contributed by atoms with Crippen LogP contribution < -0.4 is 5.32 Å². The van der Waals surface area contributed by atoms with Gasteiger partial charge in [0.15, 0.2) is 0 Å². The van der Waals surface area contributed by atoms with Crippen LogP contribution in [0, 0.1) is 5.82 Å². The van der Waals surface area contributed by atoms with Gasteiger partial charge in [0.25, 0.3) is 0 Å². The minimum atomic E-state index is -0.872. The lowest BCUT2D eigenvalue weighted by atomic mass is 10.0. The molecule has 0 amide bonds. The summed E-state index contributed by atoms with van der Waals surface area (Å²) in [5.74, 6) is -0.691. The Morgan fingerprint density at radius 2 is 2.11 bits per heavy atom. The topological polar surface area (TPSA) is 38.3 Å². The smallest absolute Gasteiger partial charge is 0.325 e. The van der Waals surface area contributed by atoms with E-state index in [1.165, 1.54) is 13.2 Å². The molecule has 0 bridgehead atoms. The molecule has 3 nitrogen and oxygen atoms in total. The summed E-state index contributed by atoms with van der Waals surface area (Å²) in [5, 5.41) is 3.06. The highest BCUT2D eigenvalue weighted by atomic mass is 79.9. The van der Waals surface area contributed by atoms with E-state index >= 15 is 0 Å². The minimum Gasteiger partial charge on any atom is -0.468 e. The molecule has 18 heavy (non-hydrogen) atoms. The van der Waals surface area contributed by atoms with Gasteiger partial charge in [0.05, 0.1) is 7.11 Å². The molecule has 0 aromatic heterocycles. The molecule has 1 unspecified atom stereocenters. The second-order valence-corrected chi connectivity index (χ2v) is 5.56. The fourth-order valence-corrected chi connectivity index (χ4v) is 2.16. The predicted octanol–water partition coefficient (Wildman–Crippen LogP) is 3.19.